The molecule has 0 bridgehead atoms. The summed E-state index contributed by atoms with van der Waals surface area (Å²) in [4.78, 5) is 26.8. The van der Waals surface area contributed by atoms with Gasteiger partial charge in [0, 0.05) is 36.7 Å². The Morgan fingerprint density at radius 2 is 1.94 bits per heavy atom. The molecule has 3 heterocycles. The molecule has 10 heteroatoms. The number of benzene rings is 2. The number of para-hydroxylation sites is 1. The standard InChI is InChI=1S/C26H27FN4O5/c1-34-25(32)20-5-4-6-22(24(20)30-10-2-3-11-30)31-15-18(16-31)36-26(33)29-17-7-8-19(21(27)13-17)23-14-28-9-12-35-23/h2-8,10-11,13,18,23,28H,9,12,14-16H2,1H3,(H,29,33). The van der Waals surface area contributed by atoms with Gasteiger partial charge in [-0.1, -0.05) is 12.1 Å². The first-order valence-corrected chi connectivity index (χ1v) is 11.7. The van der Waals surface area contributed by atoms with Crippen LogP contribution in [0.15, 0.2) is 60.9 Å². The van der Waals surface area contributed by atoms with Crippen molar-refractivity contribution in [3.63, 3.8) is 0 Å². The number of ether oxygens (including phenoxy) is 3. The number of hydrogen-bond acceptors (Lipinski definition) is 7. The lowest BCUT2D eigenvalue weighted by Gasteiger charge is -2.41. The highest BCUT2D eigenvalue weighted by Gasteiger charge is 2.33. The third-order valence-electron chi connectivity index (χ3n) is 6.27. The Morgan fingerprint density at radius 1 is 1.14 bits per heavy atom. The van der Waals surface area contributed by atoms with Crippen LogP contribution in [0.2, 0.25) is 0 Å². The first-order valence-electron chi connectivity index (χ1n) is 11.7. The van der Waals surface area contributed by atoms with Crippen molar-refractivity contribution < 1.29 is 28.2 Å². The fraction of sp³-hybridized carbons (Fsp3) is 0.308. The average molecular weight is 495 g/mol. The van der Waals surface area contributed by atoms with E-state index in [1.165, 1.54) is 13.2 Å². The van der Waals surface area contributed by atoms with Crippen LogP contribution in [-0.4, -0.2) is 62.6 Å². The minimum atomic E-state index is -0.656. The normalized spacial score (nSPS) is 17.8. The maximum absolute atomic E-state index is 14.6. The molecule has 0 aliphatic carbocycles. The molecule has 5 rings (SSSR count). The van der Waals surface area contributed by atoms with E-state index in [1.807, 2.05) is 40.1 Å². The number of amides is 1. The van der Waals surface area contributed by atoms with Crippen molar-refractivity contribution in [2.45, 2.75) is 12.2 Å². The molecule has 2 aliphatic heterocycles. The molecule has 2 aliphatic rings. The van der Waals surface area contributed by atoms with Crippen LogP contribution in [-0.2, 0) is 14.2 Å². The van der Waals surface area contributed by atoms with E-state index in [4.69, 9.17) is 14.2 Å². The van der Waals surface area contributed by atoms with Gasteiger partial charge >= 0.3 is 12.1 Å². The molecule has 1 unspecified atom stereocenters. The molecule has 2 fully saturated rings. The summed E-state index contributed by atoms with van der Waals surface area (Å²) in [6.45, 7) is 2.71. The van der Waals surface area contributed by atoms with Gasteiger partial charge in [-0.05, 0) is 36.4 Å². The molecule has 2 aromatic carbocycles. The van der Waals surface area contributed by atoms with Gasteiger partial charge in [0.25, 0.3) is 0 Å². The Bertz CT molecular complexity index is 1240. The first kappa shape index (κ1) is 23.8. The molecule has 0 saturated carbocycles. The monoisotopic (exact) mass is 494 g/mol. The molecule has 1 amide bonds. The number of carbonyl (C=O) groups excluding carboxylic acids is 2. The fourth-order valence-corrected chi connectivity index (χ4v) is 4.46. The van der Waals surface area contributed by atoms with Crippen molar-refractivity contribution in [2.24, 2.45) is 0 Å². The van der Waals surface area contributed by atoms with Crippen LogP contribution >= 0.6 is 0 Å². The highest BCUT2D eigenvalue weighted by Crippen LogP contribution is 2.33. The molecule has 0 radical (unpaired) electrons. The van der Waals surface area contributed by atoms with Gasteiger partial charge in [0.05, 0.1) is 49.8 Å². The van der Waals surface area contributed by atoms with E-state index in [9.17, 15) is 14.0 Å². The van der Waals surface area contributed by atoms with Crippen molar-refractivity contribution >= 4 is 23.4 Å². The van der Waals surface area contributed by atoms with E-state index in [1.54, 1.807) is 24.3 Å². The largest absolute Gasteiger partial charge is 0.465 e. The van der Waals surface area contributed by atoms with Gasteiger partial charge in [-0.25, -0.2) is 14.0 Å². The number of esters is 1. The van der Waals surface area contributed by atoms with E-state index >= 15 is 0 Å². The van der Waals surface area contributed by atoms with Gasteiger partial charge < -0.3 is 29.0 Å². The van der Waals surface area contributed by atoms with Gasteiger partial charge in [0.15, 0.2) is 0 Å². The summed E-state index contributed by atoms with van der Waals surface area (Å²) in [5.74, 6) is -0.878. The van der Waals surface area contributed by atoms with Crippen LogP contribution in [0.3, 0.4) is 0 Å². The lowest BCUT2D eigenvalue weighted by atomic mass is 10.1. The first-order chi connectivity index (χ1) is 17.5. The summed E-state index contributed by atoms with van der Waals surface area (Å²) in [5.41, 5.74) is 2.72. The minimum Gasteiger partial charge on any atom is -0.465 e. The third-order valence-corrected chi connectivity index (χ3v) is 6.27. The number of methoxy groups -OCH3 is 1. The third kappa shape index (κ3) is 4.91. The molecule has 36 heavy (non-hydrogen) atoms. The number of hydrogen-bond donors (Lipinski definition) is 2. The van der Waals surface area contributed by atoms with Crippen molar-refractivity contribution in [2.75, 3.05) is 50.1 Å². The maximum Gasteiger partial charge on any atom is 0.412 e. The van der Waals surface area contributed by atoms with E-state index < -0.39 is 17.9 Å². The van der Waals surface area contributed by atoms with E-state index in [2.05, 4.69) is 10.6 Å². The van der Waals surface area contributed by atoms with E-state index in [0.717, 1.165) is 12.2 Å². The van der Waals surface area contributed by atoms with Crippen LogP contribution in [0.1, 0.15) is 22.0 Å². The predicted molar refractivity (Wildman–Crippen MR) is 131 cm³/mol. The highest BCUT2D eigenvalue weighted by atomic mass is 19.1. The Hall–Kier alpha value is -3.89. The van der Waals surface area contributed by atoms with E-state index in [0.29, 0.717) is 48.7 Å². The van der Waals surface area contributed by atoms with Gasteiger partial charge in [-0.15, -0.1) is 0 Å². The minimum absolute atomic E-state index is 0.307. The summed E-state index contributed by atoms with van der Waals surface area (Å²) < 4.78 is 32.5. The molecule has 0 spiro atoms. The zero-order valence-electron chi connectivity index (χ0n) is 19.8. The van der Waals surface area contributed by atoms with Crippen LogP contribution in [0.5, 0.6) is 0 Å². The molecular formula is C26H27FN4O5. The van der Waals surface area contributed by atoms with Gasteiger partial charge in [0.1, 0.15) is 11.9 Å². The van der Waals surface area contributed by atoms with Crippen LogP contribution < -0.4 is 15.5 Å². The molecular weight excluding hydrogens is 467 g/mol. The molecule has 188 valence electrons. The van der Waals surface area contributed by atoms with Crippen LogP contribution in [0, 0.1) is 5.82 Å². The zero-order chi connectivity index (χ0) is 25.1. The topological polar surface area (TPSA) is 94.1 Å². The Labute approximate surface area is 207 Å². The summed E-state index contributed by atoms with van der Waals surface area (Å²) in [6, 6.07) is 13.7. The van der Waals surface area contributed by atoms with Crippen molar-refractivity contribution in [3.8, 4) is 5.69 Å². The van der Waals surface area contributed by atoms with Crippen LogP contribution in [0.4, 0.5) is 20.6 Å². The number of carbonyl (C=O) groups is 2. The summed E-state index contributed by atoms with van der Waals surface area (Å²) >= 11 is 0. The highest BCUT2D eigenvalue weighted by molar-refractivity contribution is 5.96. The van der Waals surface area contributed by atoms with Crippen molar-refractivity contribution in [1.29, 1.82) is 0 Å². The van der Waals surface area contributed by atoms with Gasteiger partial charge in [-0.3, -0.25) is 5.32 Å². The summed E-state index contributed by atoms with van der Waals surface area (Å²) in [6.07, 6.45) is 2.35. The Morgan fingerprint density at radius 3 is 2.64 bits per heavy atom. The van der Waals surface area contributed by atoms with Crippen molar-refractivity contribution in [1.82, 2.24) is 9.88 Å². The lowest BCUT2D eigenvalue weighted by molar-refractivity contribution is 0.0255. The average Bonchev–Trinajstić information content (AvgIpc) is 3.40. The van der Waals surface area contributed by atoms with Gasteiger partial charge in [0.2, 0.25) is 0 Å². The predicted octanol–water partition coefficient (Wildman–Crippen LogP) is 3.50. The lowest BCUT2D eigenvalue weighted by Crippen LogP contribution is -2.53. The quantitative estimate of drug-likeness (QED) is 0.507. The smallest absolute Gasteiger partial charge is 0.412 e. The number of nitrogens with zero attached hydrogens (tertiary/aromatic N) is 2. The van der Waals surface area contributed by atoms with Crippen molar-refractivity contribution in [3.05, 3.63) is 77.9 Å². The second kappa shape index (κ2) is 10.4. The number of nitrogens with one attached hydrogen (secondary N) is 2. The molecule has 3 aromatic rings. The molecule has 1 atom stereocenters. The number of halogens is 1. The Kier molecular flexibility index (Phi) is 6.88. The SMILES string of the molecule is COC(=O)c1cccc(N2CC(OC(=O)Nc3ccc(C4CNCCO4)c(F)c3)C2)c1-n1cccc1. The number of rotatable bonds is 6. The Balaban J connectivity index is 1.21. The fourth-order valence-electron chi connectivity index (χ4n) is 4.46. The molecule has 2 saturated heterocycles. The van der Waals surface area contributed by atoms with Gasteiger partial charge in [-0.2, -0.15) is 0 Å². The van der Waals surface area contributed by atoms with E-state index in [-0.39, 0.29) is 12.2 Å². The summed E-state index contributed by atoms with van der Waals surface area (Å²) in [7, 11) is 1.35. The maximum atomic E-state index is 14.6. The second-order valence-corrected chi connectivity index (χ2v) is 8.61. The molecule has 2 N–H and O–H groups in total. The second-order valence-electron chi connectivity index (χ2n) is 8.61. The van der Waals surface area contributed by atoms with Crippen LogP contribution in [0.25, 0.3) is 5.69 Å². The number of morpholine rings is 1. The summed E-state index contributed by atoms with van der Waals surface area (Å²) in [5, 5.41) is 5.76. The number of aromatic nitrogens is 1. The zero-order valence-corrected chi connectivity index (χ0v) is 19.8. The molecule has 9 nitrogen and oxygen atoms in total. The molecule has 1 aromatic heterocycles. The number of anilines is 2.